The average Bonchev–Trinajstić information content (AvgIpc) is 2.86. The van der Waals surface area contributed by atoms with Crippen LogP contribution in [0.1, 0.15) is 23.8 Å². The summed E-state index contributed by atoms with van der Waals surface area (Å²) in [7, 11) is 1.93. The smallest absolute Gasteiger partial charge is 0.0777 e. The number of hydrogen-bond donors (Lipinski definition) is 1. The van der Waals surface area contributed by atoms with Gasteiger partial charge in [-0.3, -0.25) is 0 Å². The van der Waals surface area contributed by atoms with Crippen molar-refractivity contribution >= 4 is 27.3 Å². The minimum absolute atomic E-state index is 0.140. The minimum Gasteiger partial charge on any atom is -0.311 e. The van der Waals surface area contributed by atoms with Crippen molar-refractivity contribution in [2.75, 3.05) is 7.05 Å². The summed E-state index contributed by atoms with van der Waals surface area (Å²) in [6, 6.07) is 6.77. The quantitative estimate of drug-likeness (QED) is 0.917. The zero-order chi connectivity index (χ0) is 10.2. The molecular formula is C10H11BrN2S. The van der Waals surface area contributed by atoms with Crippen molar-refractivity contribution in [3.63, 3.8) is 0 Å². The molecule has 1 fully saturated rings. The van der Waals surface area contributed by atoms with E-state index in [-0.39, 0.29) is 11.5 Å². The van der Waals surface area contributed by atoms with E-state index in [2.05, 4.69) is 33.4 Å². The maximum atomic E-state index is 9.13. The summed E-state index contributed by atoms with van der Waals surface area (Å²) in [5.41, 5.74) is -0.140. The average molecular weight is 271 g/mol. The van der Waals surface area contributed by atoms with Crippen LogP contribution in [0.25, 0.3) is 0 Å². The third-order valence-electron chi connectivity index (χ3n) is 2.73. The van der Waals surface area contributed by atoms with Crippen molar-refractivity contribution < 1.29 is 0 Å². The van der Waals surface area contributed by atoms with Crippen molar-refractivity contribution in [2.45, 2.75) is 18.9 Å². The van der Waals surface area contributed by atoms with E-state index in [9.17, 15) is 0 Å². The van der Waals surface area contributed by atoms with Crippen LogP contribution >= 0.6 is 27.3 Å². The van der Waals surface area contributed by atoms with Gasteiger partial charge in [0.05, 0.1) is 21.3 Å². The molecule has 1 unspecified atom stereocenters. The maximum Gasteiger partial charge on any atom is 0.0777 e. The molecule has 1 saturated carbocycles. The van der Waals surface area contributed by atoms with Crippen LogP contribution in [-0.2, 0) is 0 Å². The highest BCUT2D eigenvalue weighted by Crippen LogP contribution is 2.55. The molecule has 1 N–H and O–H groups in total. The van der Waals surface area contributed by atoms with E-state index in [1.165, 1.54) is 4.88 Å². The van der Waals surface area contributed by atoms with Gasteiger partial charge in [0.1, 0.15) is 0 Å². The molecule has 1 aromatic rings. The van der Waals surface area contributed by atoms with E-state index in [4.69, 9.17) is 5.26 Å². The summed E-state index contributed by atoms with van der Waals surface area (Å²) in [4.78, 5) is 1.25. The van der Waals surface area contributed by atoms with Gasteiger partial charge in [0.25, 0.3) is 0 Å². The zero-order valence-electron chi connectivity index (χ0n) is 7.88. The van der Waals surface area contributed by atoms with Gasteiger partial charge in [0, 0.05) is 4.88 Å². The number of thiophene rings is 1. The normalized spacial score (nSPS) is 20.1. The van der Waals surface area contributed by atoms with Crippen LogP contribution in [0.15, 0.2) is 15.9 Å². The maximum absolute atomic E-state index is 9.13. The lowest BCUT2D eigenvalue weighted by molar-refractivity contribution is 0.451. The Morgan fingerprint density at radius 1 is 1.64 bits per heavy atom. The summed E-state index contributed by atoms with van der Waals surface area (Å²) >= 11 is 5.15. The third-order valence-corrected chi connectivity index (χ3v) is 4.42. The molecule has 74 valence electrons. The number of hydrogen-bond acceptors (Lipinski definition) is 3. The fourth-order valence-electron chi connectivity index (χ4n) is 1.77. The van der Waals surface area contributed by atoms with Crippen molar-refractivity contribution in [2.24, 2.45) is 5.41 Å². The summed E-state index contributed by atoms with van der Waals surface area (Å²) < 4.78 is 1.13. The molecule has 1 atom stereocenters. The second-order valence-electron chi connectivity index (χ2n) is 3.63. The van der Waals surface area contributed by atoms with Gasteiger partial charge in [0.2, 0.25) is 0 Å². The van der Waals surface area contributed by atoms with Crippen LogP contribution in [0.2, 0.25) is 0 Å². The highest BCUT2D eigenvalue weighted by Gasteiger charge is 2.50. The van der Waals surface area contributed by atoms with Crippen LogP contribution in [-0.4, -0.2) is 7.05 Å². The first kappa shape index (κ1) is 10.2. The largest absolute Gasteiger partial charge is 0.311 e. The van der Waals surface area contributed by atoms with Crippen LogP contribution in [0.3, 0.4) is 0 Å². The van der Waals surface area contributed by atoms with E-state index in [0.29, 0.717) is 0 Å². The molecular weight excluding hydrogens is 260 g/mol. The number of nitriles is 1. The van der Waals surface area contributed by atoms with Crippen molar-refractivity contribution in [1.29, 1.82) is 5.26 Å². The van der Waals surface area contributed by atoms with Crippen LogP contribution in [0, 0.1) is 16.7 Å². The predicted octanol–water partition coefficient (Wildman–Crippen LogP) is 3.07. The molecule has 14 heavy (non-hydrogen) atoms. The Morgan fingerprint density at radius 2 is 2.36 bits per heavy atom. The molecule has 0 aliphatic heterocycles. The summed E-state index contributed by atoms with van der Waals surface area (Å²) in [5.74, 6) is 0. The Hall–Kier alpha value is -0.370. The molecule has 2 nitrogen and oxygen atoms in total. The summed E-state index contributed by atoms with van der Waals surface area (Å²) in [5, 5.41) is 12.4. The van der Waals surface area contributed by atoms with Gasteiger partial charge in [-0.25, -0.2) is 0 Å². The van der Waals surface area contributed by atoms with Crippen LogP contribution in [0.4, 0.5) is 0 Å². The lowest BCUT2D eigenvalue weighted by Gasteiger charge is -2.18. The lowest BCUT2D eigenvalue weighted by atomic mass is 9.97. The fourth-order valence-corrected chi connectivity index (χ4v) is 3.43. The molecule has 1 aromatic heterocycles. The number of nitrogens with zero attached hydrogens (tertiary/aromatic N) is 1. The molecule has 0 amide bonds. The fraction of sp³-hybridized carbons (Fsp3) is 0.500. The predicted molar refractivity (Wildman–Crippen MR) is 61.1 cm³/mol. The Morgan fingerprint density at radius 3 is 2.71 bits per heavy atom. The Balaban J connectivity index is 2.27. The lowest BCUT2D eigenvalue weighted by Crippen LogP contribution is -2.24. The molecule has 1 heterocycles. The second kappa shape index (κ2) is 3.65. The third kappa shape index (κ3) is 1.60. The Kier molecular flexibility index (Phi) is 2.65. The van der Waals surface area contributed by atoms with E-state index in [1.54, 1.807) is 11.3 Å². The van der Waals surface area contributed by atoms with E-state index in [0.717, 1.165) is 16.6 Å². The molecule has 1 aliphatic carbocycles. The SMILES string of the molecule is CNC(c1ccc(Br)s1)C1(C#N)CC1. The van der Waals surface area contributed by atoms with E-state index >= 15 is 0 Å². The van der Waals surface area contributed by atoms with Gasteiger partial charge in [-0.15, -0.1) is 11.3 Å². The highest BCUT2D eigenvalue weighted by molar-refractivity contribution is 9.11. The molecule has 0 spiro atoms. The number of halogens is 1. The molecule has 0 radical (unpaired) electrons. The van der Waals surface area contributed by atoms with E-state index < -0.39 is 0 Å². The standard InChI is InChI=1S/C10H11BrN2S/c1-13-9(10(6-12)4-5-10)7-2-3-8(11)14-7/h2-3,9,13H,4-5H2,1H3. The van der Waals surface area contributed by atoms with Crippen LogP contribution in [0.5, 0.6) is 0 Å². The van der Waals surface area contributed by atoms with E-state index in [1.807, 2.05) is 13.1 Å². The van der Waals surface area contributed by atoms with Gasteiger partial charge in [-0.1, -0.05) is 0 Å². The van der Waals surface area contributed by atoms with Gasteiger partial charge >= 0.3 is 0 Å². The van der Waals surface area contributed by atoms with Gasteiger partial charge in [-0.2, -0.15) is 5.26 Å². The first-order valence-electron chi connectivity index (χ1n) is 4.55. The molecule has 2 rings (SSSR count). The molecule has 0 saturated heterocycles. The van der Waals surface area contributed by atoms with Crippen molar-refractivity contribution in [3.8, 4) is 6.07 Å². The monoisotopic (exact) mass is 270 g/mol. The number of rotatable bonds is 3. The van der Waals surface area contributed by atoms with Gasteiger partial charge in [0.15, 0.2) is 0 Å². The molecule has 4 heteroatoms. The zero-order valence-corrected chi connectivity index (χ0v) is 10.3. The summed E-state index contributed by atoms with van der Waals surface area (Å²) in [6.45, 7) is 0. The Labute approximate surface area is 96.1 Å². The topological polar surface area (TPSA) is 35.8 Å². The second-order valence-corrected chi connectivity index (χ2v) is 6.13. The first-order chi connectivity index (χ1) is 6.72. The number of nitrogens with one attached hydrogen (secondary N) is 1. The summed E-state index contributed by atoms with van der Waals surface area (Å²) in [6.07, 6.45) is 2.04. The Bertz CT molecular complexity index is 376. The van der Waals surface area contributed by atoms with Crippen LogP contribution < -0.4 is 5.32 Å². The van der Waals surface area contributed by atoms with Gasteiger partial charge in [-0.05, 0) is 48.0 Å². The highest BCUT2D eigenvalue weighted by atomic mass is 79.9. The molecule has 1 aliphatic rings. The van der Waals surface area contributed by atoms with Crippen molar-refractivity contribution in [3.05, 3.63) is 20.8 Å². The molecule has 0 aromatic carbocycles. The van der Waals surface area contributed by atoms with Crippen molar-refractivity contribution in [1.82, 2.24) is 5.32 Å². The first-order valence-corrected chi connectivity index (χ1v) is 6.16. The minimum atomic E-state index is -0.140. The molecule has 0 bridgehead atoms. The van der Waals surface area contributed by atoms with Gasteiger partial charge < -0.3 is 5.32 Å².